The highest BCUT2D eigenvalue weighted by Gasteiger charge is 2.32. The fourth-order valence-electron chi connectivity index (χ4n) is 2.84. The monoisotopic (exact) mass is 324 g/mol. The number of benzene rings is 2. The van der Waals surface area contributed by atoms with Gasteiger partial charge in [0.25, 0.3) is 0 Å². The first-order valence-electron chi connectivity index (χ1n) is 7.99. The fourth-order valence-corrected chi connectivity index (χ4v) is 2.84. The summed E-state index contributed by atoms with van der Waals surface area (Å²) >= 11 is 0. The van der Waals surface area contributed by atoms with E-state index >= 15 is 0 Å². The van der Waals surface area contributed by atoms with E-state index in [-0.39, 0.29) is 11.7 Å². The largest absolute Gasteiger partial charge is 0.361 e. The Morgan fingerprint density at radius 2 is 1.88 bits per heavy atom. The van der Waals surface area contributed by atoms with Crippen molar-refractivity contribution in [2.75, 3.05) is 0 Å². The second-order valence-corrected chi connectivity index (χ2v) is 6.69. The minimum Gasteiger partial charge on any atom is -0.361 e. The third kappa shape index (κ3) is 3.04. The van der Waals surface area contributed by atoms with Crippen LogP contribution < -0.4 is 5.32 Å². The SMILES string of the molecule is Cc1ccc(CNC(=O)C(C)(C)c2c[nH]c3ccc(F)cc23)cc1. The van der Waals surface area contributed by atoms with Crippen LogP contribution >= 0.6 is 0 Å². The second-order valence-electron chi connectivity index (χ2n) is 6.69. The highest BCUT2D eigenvalue weighted by atomic mass is 19.1. The van der Waals surface area contributed by atoms with Gasteiger partial charge in [-0.05, 0) is 50.1 Å². The van der Waals surface area contributed by atoms with Crippen LogP contribution in [0.25, 0.3) is 10.9 Å². The van der Waals surface area contributed by atoms with Crippen molar-refractivity contribution >= 4 is 16.8 Å². The van der Waals surface area contributed by atoms with E-state index in [0.29, 0.717) is 6.54 Å². The summed E-state index contributed by atoms with van der Waals surface area (Å²) in [5.74, 6) is -0.396. The number of H-pyrrole nitrogens is 1. The number of nitrogens with one attached hydrogen (secondary N) is 2. The normalized spacial score (nSPS) is 11.7. The van der Waals surface area contributed by atoms with Gasteiger partial charge in [0, 0.05) is 23.6 Å². The molecule has 3 rings (SSSR count). The Hall–Kier alpha value is -2.62. The molecule has 0 aliphatic rings. The maximum atomic E-state index is 13.6. The molecule has 2 N–H and O–H groups in total. The smallest absolute Gasteiger partial charge is 0.230 e. The van der Waals surface area contributed by atoms with Crippen LogP contribution in [-0.4, -0.2) is 10.9 Å². The van der Waals surface area contributed by atoms with Crippen LogP contribution in [0.3, 0.4) is 0 Å². The molecule has 24 heavy (non-hydrogen) atoms. The van der Waals surface area contributed by atoms with Crippen molar-refractivity contribution in [3.05, 3.63) is 71.2 Å². The first-order valence-corrected chi connectivity index (χ1v) is 7.99. The number of amides is 1. The summed E-state index contributed by atoms with van der Waals surface area (Å²) in [6.45, 7) is 6.21. The predicted octanol–water partition coefficient (Wildman–Crippen LogP) is 4.21. The number of fused-ring (bicyclic) bond motifs is 1. The van der Waals surface area contributed by atoms with Crippen molar-refractivity contribution in [2.45, 2.75) is 32.7 Å². The second kappa shape index (κ2) is 6.11. The molecule has 3 aromatic rings. The Balaban J connectivity index is 1.81. The number of hydrogen-bond donors (Lipinski definition) is 2. The molecule has 0 aliphatic carbocycles. The number of aromatic nitrogens is 1. The lowest BCUT2D eigenvalue weighted by Gasteiger charge is -2.23. The summed E-state index contributed by atoms with van der Waals surface area (Å²) in [5, 5.41) is 3.72. The predicted molar refractivity (Wildman–Crippen MR) is 94.3 cm³/mol. The standard InChI is InChI=1S/C20H21FN2O/c1-13-4-6-14(7-5-13)11-23-19(24)20(2,3)17-12-22-18-9-8-15(21)10-16(17)18/h4-10,12,22H,11H2,1-3H3,(H,23,24). The summed E-state index contributed by atoms with van der Waals surface area (Å²) in [4.78, 5) is 15.8. The van der Waals surface area contributed by atoms with Crippen molar-refractivity contribution < 1.29 is 9.18 Å². The van der Waals surface area contributed by atoms with Crippen LogP contribution in [0.2, 0.25) is 0 Å². The van der Waals surface area contributed by atoms with Crippen molar-refractivity contribution in [2.24, 2.45) is 0 Å². The zero-order valence-corrected chi connectivity index (χ0v) is 14.1. The first kappa shape index (κ1) is 16.2. The molecule has 3 nitrogen and oxygen atoms in total. The summed E-state index contributed by atoms with van der Waals surface area (Å²) < 4.78 is 13.6. The van der Waals surface area contributed by atoms with E-state index in [1.165, 1.54) is 17.7 Å². The van der Waals surface area contributed by atoms with Gasteiger partial charge in [0.05, 0.1) is 5.41 Å². The van der Waals surface area contributed by atoms with Crippen LogP contribution in [0.4, 0.5) is 4.39 Å². The van der Waals surface area contributed by atoms with E-state index in [4.69, 9.17) is 0 Å². The molecule has 0 bridgehead atoms. The van der Waals surface area contributed by atoms with E-state index < -0.39 is 5.41 Å². The summed E-state index contributed by atoms with van der Waals surface area (Å²) in [5.41, 5.74) is 3.08. The molecule has 0 saturated heterocycles. The van der Waals surface area contributed by atoms with Crippen LogP contribution in [0.15, 0.2) is 48.7 Å². The van der Waals surface area contributed by atoms with Gasteiger partial charge in [-0.15, -0.1) is 0 Å². The quantitative estimate of drug-likeness (QED) is 0.742. The molecule has 0 unspecified atom stereocenters. The molecule has 0 atom stereocenters. The maximum absolute atomic E-state index is 13.6. The molecule has 0 spiro atoms. The number of aryl methyl sites for hydroxylation is 1. The van der Waals surface area contributed by atoms with Crippen LogP contribution in [0.1, 0.15) is 30.5 Å². The first-order chi connectivity index (χ1) is 11.4. The van der Waals surface area contributed by atoms with Crippen molar-refractivity contribution in [3.63, 3.8) is 0 Å². The maximum Gasteiger partial charge on any atom is 0.230 e. The van der Waals surface area contributed by atoms with Crippen molar-refractivity contribution in [1.29, 1.82) is 0 Å². The number of halogens is 1. The van der Waals surface area contributed by atoms with Gasteiger partial charge in [-0.3, -0.25) is 4.79 Å². The van der Waals surface area contributed by atoms with Gasteiger partial charge in [0.15, 0.2) is 0 Å². The molecule has 1 aromatic heterocycles. The van der Waals surface area contributed by atoms with Crippen LogP contribution in [-0.2, 0) is 16.8 Å². The molecule has 4 heteroatoms. The molecule has 1 amide bonds. The molecular formula is C20H21FN2O. The molecule has 0 fully saturated rings. The fraction of sp³-hybridized carbons (Fsp3) is 0.250. The van der Waals surface area contributed by atoms with Crippen molar-refractivity contribution in [1.82, 2.24) is 10.3 Å². The lowest BCUT2D eigenvalue weighted by Crippen LogP contribution is -2.39. The highest BCUT2D eigenvalue weighted by molar-refractivity contribution is 5.94. The van der Waals surface area contributed by atoms with Gasteiger partial charge >= 0.3 is 0 Å². The minimum atomic E-state index is -0.767. The minimum absolute atomic E-state index is 0.0896. The van der Waals surface area contributed by atoms with E-state index in [1.54, 1.807) is 12.3 Å². The number of hydrogen-bond acceptors (Lipinski definition) is 1. The van der Waals surface area contributed by atoms with Crippen LogP contribution in [0.5, 0.6) is 0 Å². The summed E-state index contributed by atoms with van der Waals surface area (Å²) in [6.07, 6.45) is 1.79. The van der Waals surface area contributed by atoms with Gasteiger partial charge in [-0.1, -0.05) is 29.8 Å². The molecule has 1 heterocycles. The highest BCUT2D eigenvalue weighted by Crippen LogP contribution is 2.31. The number of carbonyl (C=O) groups is 1. The van der Waals surface area contributed by atoms with Crippen molar-refractivity contribution in [3.8, 4) is 0 Å². The Morgan fingerprint density at radius 3 is 2.58 bits per heavy atom. The third-order valence-electron chi connectivity index (χ3n) is 4.46. The zero-order valence-electron chi connectivity index (χ0n) is 14.1. The van der Waals surface area contributed by atoms with Gasteiger partial charge < -0.3 is 10.3 Å². The van der Waals surface area contributed by atoms with E-state index in [0.717, 1.165) is 22.0 Å². The Morgan fingerprint density at radius 1 is 1.17 bits per heavy atom. The lowest BCUT2D eigenvalue weighted by atomic mass is 9.83. The molecule has 2 aromatic carbocycles. The molecular weight excluding hydrogens is 303 g/mol. The molecule has 0 radical (unpaired) electrons. The number of rotatable bonds is 4. The van der Waals surface area contributed by atoms with Gasteiger partial charge in [0.1, 0.15) is 5.82 Å². The summed E-state index contributed by atoms with van der Waals surface area (Å²) in [6, 6.07) is 12.6. The summed E-state index contributed by atoms with van der Waals surface area (Å²) in [7, 11) is 0. The Bertz CT molecular complexity index is 878. The third-order valence-corrected chi connectivity index (χ3v) is 4.46. The van der Waals surface area contributed by atoms with Crippen LogP contribution in [0, 0.1) is 12.7 Å². The Labute approximate surface area is 140 Å². The molecule has 0 aliphatic heterocycles. The average Bonchev–Trinajstić information content (AvgIpc) is 2.97. The lowest BCUT2D eigenvalue weighted by molar-refractivity contribution is -0.125. The van der Waals surface area contributed by atoms with E-state index in [2.05, 4.69) is 10.3 Å². The number of aromatic amines is 1. The molecule has 0 saturated carbocycles. The van der Waals surface area contributed by atoms with E-state index in [1.807, 2.05) is 45.0 Å². The zero-order chi connectivity index (χ0) is 17.3. The Kier molecular flexibility index (Phi) is 4.14. The van der Waals surface area contributed by atoms with Gasteiger partial charge in [0.2, 0.25) is 5.91 Å². The van der Waals surface area contributed by atoms with Gasteiger partial charge in [-0.2, -0.15) is 0 Å². The number of carbonyl (C=O) groups excluding carboxylic acids is 1. The van der Waals surface area contributed by atoms with E-state index in [9.17, 15) is 9.18 Å². The van der Waals surface area contributed by atoms with Gasteiger partial charge in [-0.25, -0.2) is 4.39 Å². The average molecular weight is 324 g/mol. The molecule has 124 valence electrons. The topological polar surface area (TPSA) is 44.9 Å².